The SMILES string of the molecule is CCOC(=O)CN1C(=O)C2C3CC(C2C1=O)C1C3Sc2[nH]c(=O)sc2[C@@H]1c1ccc(Cl)cc1. The van der Waals surface area contributed by atoms with Crippen molar-refractivity contribution in [3.63, 3.8) is 0 Å². The number of esters is 1. The number of H-pyrrole nitrogens is 1. The first-order valence-electron chi connectivity index (χ1n) is 11.0. The fourth-order valence-corrected chi connectivity index (χ4v) is 9.63. The standard InChI is InChI=1S/C23H21ClN2O5S2/c1-2-31-13(27)8-26-21(28)16-11-7-12(17(16)22(26)29)18-15(11)14(9-3-5-10(24)6-4-9)19-20(32-18)25-23(30)33-19/h3-6,11-12,14-18H,2,7-8H2,1H3,(H,25,30)/t11?,12?,14-,15?,16?,17?,18?/m1/s1. The van der Waals surface area contributed by atoms with Crippen molar-refractivity contribution in [2.75, 3.05) is 13.2 Å². The number of thiazole rings is 1. The van der Waals surface area contributed by atoms with Crippen LogP contribution in [0.5, 0.6) is 0 Å². The van der Waals surface area contributed by atoms with Crippen molar-refractivity contribution in [3.05, 3.63) is 49.4 Å². The molecule has 1 aromatic carbocycles. The summed E-state index contributed by atoms with van der Waals surface area (Å²) in [7, 11) is 0. The van der Waals surface area contributed by atoms with Gasteiger partial charge in [-0.15, -0.1) is 11.8 Å². The van der Waals surface area contributed by atoms with Crippen LogP contribution in [0.15, 0.2) is 34.1 Å². The normalized spacial score (nSPS) is 33.8. The molecule has 1 aromatic heterocycles. The Morgan fingerprint density at radius 3 is 2.55 bits per heavy atom. The Hall–Kier alpha value is -2.10. The van der Waals surface area contributed by atoms with Gasteiger partial charge in [0.1, 0.15) is 6.54 Å². The molecule has 2 bridgehead atoms. The van der Waals surface area contributed by atoms with Crippen LogP contribution in [-0.4, -0.2) is 46.1 Å². The van der Waals surface area contributed by atoms with E-state index in [9.17, 15) is 19.2 Å². The summed E-state index contributed by atoms with van der Waals surface area (Å²) >= 11 is 9.00. The molecule has 7 nitrogen and oxygen atoms in total. The molecule has 172 valence electrons. The maximum atomic E-state index is 13.4. The van der Waals surface area contributed by atoms with E-state index in [0.717, 1.165) is 26.8 Å². The summed E-state index contributed by atoms with van der Waals surface area (Å²) in [5, 5.41) is 1.63. The third kappa shape index (κ3) is 3.08. The van der Waals surface area contributed by atoms with E-state index in [4.69, 9.17) is 16.3 Å². The average molecular weight is 505 g/mol. The molecule has 10 heteroatoms. The van der Waals surface area contributed by atoms with Gasteiger partial charge in [-0.1, -0.05) is 35.1 Å². The number of aromatic nitrogens is 1. The number of hydrogen-bond acceptors (Lipinski definition) is 7. The van der Waals surface area contributed by atoms with E-state index in [1.54, 1.807) is 18.7 Å². The number of ether oxygens (including phenoxy) is 1. The zero-order valence-corrected chi connectivity index (χ0v) is 20.0. The fraction of sp³-hybridized carbons (Fsp3) is 0.478. The molecule has 4 aliphatic rings. The number of nitrogens with one attached hydrogen (secondary N) is 1. The van der Waals surface area contributed by atoms with E-state index in [0.29, 0.717) is 5.02 Å². The Morgan fingerprint density at radius 2 is 1.85 bits per heavy atom. The van der Waals surface area contributed by atoms with Gasteiger partial charge in [0.05, 0.1) is 23.5 Å². The molecule has 0 spiro atoms. The number of halogens is 1. The minimum Gasteiger partial charge on any atom is -0.465 e. The number of aromatic amines is 1. The number of carbonyl (C=O) groups is 3. The molecule has 2 aliphatic heterocycles. The van der Waals surface area contributed by atoms with Gasteiger partial charge in [-0.05, 0) is 48.8 Å². The van der Waals surface area contributed by atoms with Crippen LogP contribution in [0, 0.1) is 29.6 Å². The second-order valence-corrected chi connectivity index (χ2v) is 11.7. The van der Waals surface area contributed by atoms with Crippen LogP contribution >= 0.6 is 34.7 Å². The molecule has 1 saturated heterocycles. The first kappa shape index (κ1) is 21.4. The Bertz CT molecular complexity index is 1220. The van der Waals surface area contributed by atoms with Crippen molar-refractivity contribution < 1.29 is 19.1 Å². The molecular weight excluding hydrogens is 484 g/mol. The third-order valence-electron chi connectivity index (χ3n) is 7.64. The first-order chi connectivity index (χ1) is 15.9. The van der Waals surface area contributed by atoms with Gasteiger partial charge in [0.25, 0.3) is 0 Å². The highest BCUT2D eigenvalue weighted by Crippen LogP contribution is 2.68. The molecule has 7 atom stereocenters. The minimum atomic E-state index is -0.558. The third-order valence-corrected chi connectivity index (χ3v) is 10.5. The second-order valence-electron chi connectivity index (χ2n) is 9.08. The van der Waals surface area contributed by atoms with Crippen LogP contribution in [0.2, 0.25) is 5.02 Å². The van der Waals surface area contributed by atoms with E-state index in [2.05, 4.69) is 4.98 Å². The average Bonchev–Trinajstić information content (AvgIpc) is 3.50. The van der Waals surface area contributed by atoms with Crippen LogP contribution in [0.3, 0.4) is 0 Å². The molecule has 2 aliphatic carbocycles. The highest BCUT2D eigenvalue weighted by molar-refractivity contribution is 8.00. The van der Waals surface area contributed by atoms with Crippen LogP contribution in [-0.2, 0) is 19.1 Å². The van der Waals surface area contributed by atoms with E-state index in [1.165, 1.54) is 11.3 Å². The Morgan fingerprint density at radius 1 is 1.15 bits per heavy atom. The van der Waals surface area contributed by atoms with E-state index in [-0.39, 0.29) is 58.8 Å². The zero-order chi connectivity index (χ0) is 23.0. The summed E-state index contributed by atoms with van der Waals surface area (Å²) in [6.07, 6.45) is 0.811. The molecular formula is C23H21ClN2O5S2. The number of likely N-dealkylation sites (tertiary alicyclic amines) is 1. The highest BCUT2D eigenvalue weighted by Gasteiger charge is 2.69. The number of hydrogen-bond donors (Lipinski definition) is 1. The van der Waals surface area contributed by atoms with Gasteiger partial charge in [-0.2, -0.15) is 0 Å². The molecule has 1 N–H and O–H groups in total. The van der Waals surface area contributed by atoms with E-state index in [1.807, 2.05) is 24.3 Å². The molecule has 3 heterocycles. The van der Waals surface area contributed by atoms with Gasteiger partial charge >= 0.3 is 10.8 Å². The van der Waals surface area contributed by atoms with Gasteiger partial charge in [0.2, 0.25) is 11.8 Å². The van der Waals surface area contributed by atoms with Gasteiger partial charge in [-0.3, -0.25) is 24.1 Å². The molecule has 2 aromatic rings. The Kier molecular flexibility index (Phi) is 5.01. The van der Waals surface area contributed by atoms with Crippen molar-refractivity contribution in [1.82, 2.24) is 9.88 Å². The quantitative estimate of drug-likeness (QED) is 0.507. The lowest BCUT2D eigenvalue weighted by Crippen LogP contribution is -2.42. The van der Waals surface area contributed by atoms with Gasteiger partial charge in [0, 0.05) is 21.1 Å². The van der Waals surface area contributed by atoms with Crippen molar-refractivity contribution in [1.29, 1.82) is 0 Å². The van der Waals surface area contributed by atoms with Crippen LogP contribution in [0.1, 0.15) is 29.7 Å². The summed E-state index contributed by atoms with van der Waals surface area (Å²) < 4.78 is 4.98. The summed E-state index contributed by atoms with van der Waals surface area (Å²) in [5.41, 5.74) is 1.07. The number of fused-ring (bicyclic) bond motifs is 9. The number of thioether (sulfide) groups is 1. The number of benzene rings is 1. The summed E-state index contributed by atoms with van der Waals surface area (Å²) in [6, 6.07) is 7.69. The monoisotopic (exact) mass is 504 g/mol. The fourth-order valence-electron chi connectivity index (χ4n) is 6.61. The molecule has 6 rings (SSSR count). The lowest BCUT2D eigenvalue weighted by Gasteiger charge is -2.43. The van der Waals surface area contributed by atoms with Crippen LogP contribution in [0.25, 0.3) is 0 Å². The summed E-state index contributed by atoms with van der Waals surface area (Å²) in [5.74, 6) is -1.73. The molecule has 33 heavy (non-hydrogen) atoms. The lowest BCUT2D eigenvalue weighted by atomic mass is 9.68. The summed E-state index contributed by atoms with van der Waals surface area (Å²) in [4.78, 5) is 55.9. The molecule has 2 amide bonds. The van der Waals surface area contributed by atoms with Crippen molar-refractivity contribution in [3.8, 4) is 0 Å². The summed E-state index contributed by atoms with van der Waals surface area (Å²) in [6.45, 7) is 1.58. The van der Waals surface area contributed by atoms with Crippen molar-refractivity contribution in [2.45, 2.75) is 29.5 Å². The number of nitrogens with zero attached hydrogens (tertiary/aromatic N) is 1. The first-order valence-corrected chi connectivity index (χ1v) is 13.1. The minimum absolute atomic E-state index is 0.0205. The smallest absolute Gasteiger partial charge is 0.326 e. The molecule has 6 unspecified atom stereocenters. The second kappa shape index (κ2) is 7.71. The molecule has 3 fully saturated rings. The van der Waals surface area contributed by atoms with Crippen LogP contribution in [0.4, 0.5) is 0 Å². The lowest BCUT2D eigenvalue weighted by molar-refractivity contribution is -0.153. The van der Waals surface area contributed by atoms with Crippen molar-refractivity contribution >= 4 is 52.5 Å². The predicted octanol–water partition coefficient (Wildman–Crippen LogP) is 3.13. The molecule has 2 saturated carbocycles. The largest absolute Gasteiger partial charge is 0.465 e. The van der Waals surface area contributed by atoms with E-state index >= 15 is 0 Å². The van der Waals surface area contributed by atoms with E-state index < -0.39 is 17.8 Å². The topological polar surface area (TPSA) is 96.5 Å². The number of carbonyl (C=O) groups excluding carboxylic acids is 3. The zero-order valence-electron chi connectivity index (χ0n) is 17.7. The Balaban J connectivity index is 1.39. The molecule has 0 radical (unpaired) electrons. The van der Waals surface area contributed by atoms with Gasteiger partial charge in [0.15, 0.2) is 0 Å². The number of imide groups is 1. The highest BCUT2D eigenvalue weighted by atomic mass is 35.5. The van der Waals surface area contributed by atoms with Crippen LogP contribution < -0.4 is 4.87 Å². The predicted molar refractivity (Wildman–Crippen MR) is 123 cm³/mol. The number of rotatable bonds is 4. The maximum Gasteiger partial charge on any atom is 0.326 e. The maximum absolute atomic E-state index is 13.4. The van der Waals surface area contributed by atoms with Gasteiger partial charge < -0.3 is 9.72 Å². The number of amides is 2. The Labute approximate surface area is 202 Å². The van der Waals surface area contributed by atoms with Crippen molar-refractivity contribution in [2.24, 2.45) is 29.6 Å². The van der Waals surface area contributed by atoms with Gasteiger partial charge in [-0.25, -0.2) is 0 Å².